The maximum absolute atomic E-state index is 12.9. The largest absolute Gasteiger partial charge is 0.444 e. The summed E-state index contributed by atoms with van der Waals surface area (Å²) in [7, 11) is 0. The second-order valence-electron chi connectivity index (χ2n) is 11.4. The number of fused-ring (bicyclic) bond motifs is 1. The molecule has 0 bridgehead atoms. The van der Waals surface area contributed by atoms with Crippen molar-refractivity contribution < 1.29 is 18.7 Å². The van der Waals surface area contributed by atoms with Crippen LogP contribution in [0.25, 0.3) is 22.6 Å². The van der Waals surface area contributed by atoms with Gasteiger partial charge in [0.15, 0.2) is 5.58 Å². The molecule has 0 unspecified atom stereocenters. The molecule has 2 fully saturated rings. The van der Waals surface area contributed by atoms with Gasteiger partial charge < -0.3 is 19.4 Å². The Morgan fingerprint density at radius 1 is 1.00 bits per heavy atom. The molecule has 3 aromatic rings. The number of rotatable bonds is 5. The number of ether oxygens (including phenoxy) is 1. The van der Waals surface area contributed by atoms with E-state index in [1.165, 1.54) is 6.42 Å². The summed E-state index contributed by atoms with van der Waals surface area (Å²) in [6.07, 6.45) is 5.09. The fraction of sp³-hybridized carbons (Fsp3) is 0.500. The highest BCUT2D eigenvalue weighted by atomic mass is 16.6. The van der Waals surface area contributed by atoms with E-state index >= 15 is 0 Å². The van der Waals surface area contributed by atoms with Gasteiger partial charge in [-0.2, -0.15) is 0 Å². The predicted octanol–water partition coefficient (Wildman–Crippen LogP) is 6.07. The van der Waals surface area contributed by atoms with Crippen LogP contribution in [-0.4, -0.2) is 58.6 Å². The van der Waals surface area contributed by atoms with E-state index in [1.54, 1.807) is 4.90 Å². The number of carbonyl (C=O) groups is 2. The van der Waals surface area contributed by atoms with Crippen molar-refractivity contribution in [2.75, 3.05) is 31.5 Å². The summed E-state index contributed by atoms with van der Waals surface area (Å²) in [5.74, 6) is 0.657. The van der Waals surface area contributed by atoms with Crippen LogP contribution in [0.15, 0.2) is 46.9 Å². The van der Waals surface area contributed by atoms with Crippen LogP contribution in [0.5, 0.6) is 0 Å². The van der Waals surface area contributed by atoms with E-state index in [0.29, 0.717) is 25.5 Å². The van der Waals surface area contributed by atoms with Crippen molar-refractivity contribution in [2.45, 2.75) is 65.0 Å². The highest BCUT2D eigenvalue weighted by molar-refractivity contribution is 5.96. The molecule has 2 heterocycles. The first-order chi connectivity index (χ1) is 18.3. The molecule has 8 heteroatoms. The zero-order valence-corrected chi connectivity index (χ0v) is 22.7. The molecular formula is C30H38N4O4. The molecule has 1 aliphatic heterocycles. The number of amides is 2. The van der Waals surface area contributed by atoms with E-state index in [-0.39, 0.29) is 17.9 Å². The van der Waals surface area contributed by atoms with Crippen molar-refractivity contribution in [3.8, 4) is 11.5 Å². The Balaban J connectivity index is 1.29. The van der Waals surface area contributed by atoms with Gasteiger partial charge in [-0.1, -0.05) is 43.5 Å². The minimum atomic E-state index is -0.495. The normalized spacial score (nSPS) is 17.5. The van der Waals surface area contributed by atoms with Gasteiger partial charge in [0.2, 0.25) is 11.8 Å². The molecule has 0 atom stereocenters. The van der Waals surface area contributed by atoms with Crippen molar-refractivity contribution in [2.24, 2.45) is 5.92 Å². The monoisotopic (exact) mass is 518 g/mol. The average molecular weight is 519 g/mol. The average Bonchev–Trinajstić information content (AvgIpc) is 3.34. The predicted molar refractivity (Wildman–Crippen MR) is 148 cm³/mol. The highest BCUT2D eigenvalue weighted by Crippen LogP contribution is 2.33. The third kappa shape index (κ3) is 6.18. The summed E-state index contributed by atoms with van der Waals surface area (Å²) < 4.78 is 11.9. The zero-order chi connectivity index (χ0) is 26.7. The summed E-state index contributed by atoms with van der Waals surface area (Å²) in [6.45, 7) is 9.12. The fourth-order valence-corrected chi connectivity index (χ4v) is 5.28. The van der Waals surface area contributed by atoms with Crippen LogP contribution in [-0.2, 0) is 16.1 Å². The smallest absolute Gasteiger partial charge is 0.410 e. The van der Waals surface area contributed by atoms with E-state index in [9.17, 15) is 9.59 Å². The van der Waals surface area contributed by atoms with Gasteiger partial charge in [-0.3, -0.25) is 9.69 Å². The summed E-state index contributed by atoms with van der Waals surface area (Å²) in [4.78, 5) is 34.2. The van der Waals surface area contributed by atoms with Gasteiger partial charge in [0, 0.05) is 44.2 Å². The summed E-state index contributed by atoms with van der Waals surface area (Å²) in [5, 5.41) is 3.14. The molecule has 202 valence electrons. The Labute approximate surface area is 224 Å². The van der Waals surface area contributed by atoms with E-state index in [0.717, 1.165) is 66.7 Å². The molecule has 1 N–H and O–H groups in total. The lowest BCUT2D eigenvalue weighted by molar-refractivity contribution is -0.120. The number of carbonyl (C=O) groups excluding carboxylic acids is 2. The Morgan fingerprint density at radius 3 is 2.47 bits per heavy atom. The van der Waals surface area contributed by atoms with Gasteiger partial charge in [0.25, 0.3) is 0 Å². The van der Waals surface area contributed by atoms with Crippen LogP contribution in [0.3, 0.4) is 0 Å². The van der Waals surface area contributed by atoms with Crippen molar-refractivity contribution in [3.63, 3.8) is 0 Å². The zero-order valence-electron chi connectivity index (χ0n) is 22.7. The highest BCUT2D eigenvalue weighted by Gasteiger charge is 2.27. The van der Waals surface area contributed by atoms with Crippen LogP contribution in [0.1, 0.15) is 58.4 Å². The second-order valence-corrected chi connectivity index (χ2v) is 11.4. The summed E-state index contributed by atoms with van der Waals surface area (Å²) in [5.41, 5.74) is 3.62. The summed E-state index contributed by atoms with van der Waals surface area (Å²) >= 11 is 0. The number of nitrogens with zero attached hydrogens (tertiary/aromatic N) is 3. The third-order valence-corrected chi connectivity index (χ3v) is 7.31. The van der Waals surface area contributed by atoms with Gasteiger partial charge >= 0.3 is 6.09 Å². The number of nitrogens with one attached hydrogen (secondary N) is 1. The van der Waals surface area contributed by atoms with Gasteiger partial charge in [-0.25, -0.2) is 9.78 Å². The fourth-order valence-electron chi connectivity index (χ4n) is 5.28. The lowest BCUT2D eigenvalue weighted by atomic mass is 9.88. The topological polar surface area (TPSA) is 87.9 Å². The first kappa shape index (κ1) is 26.2. The van der Waals surface area contributed by atoms with Crippen LogP contribution >= 0.6 is 0 Å². The Hall–Kier alpha value is -3.39. The number of hydrogen-bond acceptors (Lipinski definition) is 6. The van der Waals surface area contributed by atoms with E-state index in [2.05, 4.69) is 16.3 Å². The van der Waals surface area contributed by atoms with Gasteiger partial charge in [-0.15, -0.1) is 0 Å². The molecule has 2 amide bonds. The Kier molecular flexibility index (Phi) is 7.70. The SMILES string of the molecule is CC(C)(C)OC(=O)N1CCN(Cc2cccc3nc(-c4ccccc4NC(=O)C4CCCCC4)oc23)CC1. The molecular weight excluding hydrogens is 480 g/mol. The molecule has 38 heavy (non-hydrogen) atoms. The first-order valence-electron chi connectivity index (χ1n) is 13.8. The van der Waals surface area contributed by atoms with Crippen molar-refractivity contribution in [1.82, 2.24) is 14.8 Å². The van der Waals surface area contributed by atoms with Crippen molar-refractivity contribution in [3.05, 3.63) is 48.0 Å². The quantitative estimate of drug-likeness (QED) is 0.441. The minimum Gasteiger partial charge on any atom is -0.444 e. The second kappa shape index (κ2) is 11.2. The maximum Gasteiger partial charge on any atom is 0.410 e. The number of anilines is 1. The molecule has 5 rings (SSSR count). The van der Waals surface area contributed by atoms with Gasteiger partial charge in [0.1, 0.15) is 11.1 Å². The minimum absolute atomic E-state index is 0.0721. The number of aromatic nitrogens is 1. The number of benzene rings is 2. The standard InChI is InChI=1S/C30H38N4O4/c1-30(2,3)38-29(36)34-18-16-33(17-19-34)20-22-12-9-15-25-26(22)37-28(32-25)23-13-7-8-14-24(23)31-27(35)21-10-5-4-6-11-21/h7-9,12-15,21H,4-6,10-11,16-20H2,1-3H3,(H,31,35). The Morgan fingerprint density at radius 2 is 1.74 bits per heavy atom. The molecule has 2 aliphatic rings. The molecule has 8 nitrogen and oxygen atoms in total. The number of para-hydroxylation sites is 2. The van der Waals surface area contributed by atoms with Crippen LogP contribution in [0.2, 0.25) is 0 Å². The van der Waals surface area contributed by atoms with Crippen LogP contribution in [0.4, 0.5) is 10.5 Å². The van der Waals surface area contributed by atoms with Crippen molar-refractivity contribution in [1.29, 1.82) is 0 Å². The third-order valence-electron chi connectivity index (χ3n) is 7.31. The van der Waals surface area contributed by atoms with Gasteiger partial charge in [-0.05, 0) is 51.8 Å². The number of piperazine rings is 1. The molecule has 1 aliphatic carbocycles. The molecule has 1 saturated carbocycles. The van der Waals surface area contributed by atoms with Crippen LogP contribution < -0.4 is 5.32 Å². The van der Waals surface area contributed by atoms with E-state index < -0.39 is 5.60 Å². The maximum atomic E-state index is 12.9. The molecule has 2 aromatic carbocycles. The van der Waals surface area contributed by atoms with E-state index in [4.69, 9.17) is 14.1 Å². The van der Waals surface area contributed by atoms with E-state index in [1.807, 2.05) is 57.2 Å². The molecule has 0 spiro atoms. The Bertz CT molecular complexity index is 1280. The summed E-state index contributed by atoms with van der Waals surface area (Å²) in [6, 6.07) is 13.7. The van der Waals surface area contributed by atoms with Gasteiger partial charge in [0.05, 0.1) is 11.3 Å². The molecule has 0 radical (unpaired) electrons. The van der Waals surface area contributed by atoms with Crippen molar-refractivity contribution >= 4 is 28.8 Å². The number of oxazole rings is 1. The molecule has 1 saturated heterocycles. The first-order valence-corrected chi connectivity index (χ1v) is 13.8. The lowest BCUT2D eigenvalue weighted by Crippen LogP contribution is -2.49. The van der Waals surface area contributed by atoms with Crippen LogP contribution in [0, 0.1) is 5.92 Å². The lowest BCUT2D eigenvalue weighted by Gasteiger charge is -2.35. The number of hydrogen-bond donors (Lipinski definition) is 1. The molecule has 1 aromatic heterocycles.